The van der Waals surface area contributed by atoms with Crippen molar-refractivity contribution in [1.29, 1.82) is 0 Å². The first-order chi connectivity index (χ1) is 16.9. The van der Waals surface area contributed by atoms with Gasteiger partial charge in [0.15, 0.2) is 0 Å². The number of halogens is 2. The van der Waals surface area contributed by atoms with E-state index in [-0.39, 0.29) is 47.7 Å². The van der Waals surface area contributed by atoms with Crippen LogP contribution in [0.4, 0.5) is 11.4 Å². The molecule has 0 saturated carbocycles. The third kappa shape index (κ3) is 15.5. The second-order valence-corrected chi connectivity index (χ2v) is 12.4. The normalized spacial score (nSPS) is 11.3. The fourth-order valence-electron chi connectivity index (χ4n) is 3.61. The number of nitrogens with one attached hydrogen (secondary N) is 4. The van der Waals surface area contributed by atoms with Crippen LogP contribution in [0.25, 0.3) is 0 Å². The van der Waals surface area contributed by atoms with E-state index in [1.807, 2.05) is 0 Å². The summed E-state index contributed by atoms with van der Waals surface area (Å²) in [5.74, 6) is -0.189. The molecule has 0 radical (unpaired) electrons. The molecule has 0 fully saturated rings. The van der Waals surface area contributed by atoms with Crippen molar-refractivity contribution in [3.05, 3.63) is 47.5 Å². The predicted octanol–water partition coefficient (Wildman–Crippen LogP) is 3.21. The Labute approximate surface area is 238 Å². The molecule has 0 heterocycles. The molecule has 0 saturated heterocycles. The molecule has 2 aromatic rings. The van der Waals surface area contributed by atoms with Crippen molar-refractivity contribution >= 4 is 56.2 Å². The Morgan fingerprint density at radius 1 is 0.605 bits per heavy atom. The molecule has 0 bridgehead atoms. The van der Waals surface area contributed by atoms with Gasteiger partial charge in [0.05, 0.1) is 23.9 Å². The summed E-state index contributed by atoms with van der Waals surface area (Å²) in [6.07, 6.45) is 7.94. The molecule has 14 heteroatoms. The van der Waals surface area contributed by atoms with Crippen LogP contribution in [0.3, 0.4) is 0 Å². The summed E-state index contributed by atoms with van der Waals surface area (Å²) < 4.78 is 50.1. The number of unbranched alkanes of at least 4 members (excludes halogenated alkanes) is 3. The van der Waals surface area contributed by atoms with E-state index in [1.54, 1.807) is 24.3 Å². The molecular formula is C24H40Cl2N4O6S2. The Kier molecular flexibility index (Phi) is 16.7. The van der Waals surface area contributed by atoms with Gasteiger partial charge in [-0.25, -0.2) is 16.8 Å². The molecule has 38 heavy (non-hydrogen) atoms. The van der Waals surface area contributed by atoms with Gasteiger partial charge in [0.25, 0.3) is 0 Å². The first-order valence-electron chi connectivity index (χ1n) is 11.9. The minimum atomic E-state index is -3.44. The van der Waals surface area contributed by atoms with Crippen molar-refractivity contribution in [2.75, 3.05) is 48.1 Å². The van der Waals surface area contributed by atoms with Gasteiger partial charge in [0.2, 0.25) is 20.0 Å². The average molecular weight is 616 g/mol. The lowest BCUT2D eigenvalue weighted by molar-refractivity contribution is 0.477. The van der Waals surface area contributed by atoms with E-state index in [1.165, 1.54) is 12.1 Å². The SMILES string of the molecule is CS(=O)(=O)Nc1cc(CCNCCCCCCNCCc2ccc(O)c(NS(C)(=O)=O)c2)ccc1O.Cl.Cl. The minimum absolute atomic E-state index is 0. The second kappa shape index (κ2) is 17.6. The molecule has 6 N–H and O–H groups in total. The highest BCUT2D eigenvalue weighted by Crippen LogP contribution is 2.26. The van der Waals surface area contributed by atoms with E-state index in [2.05, 4.69) is 20.1 Å². The van der Waals surface area contributed by atoms with Crippen molar-refractivity contribution in [3.63, 3.8) is 0 Å². The summed E-state index contributed by atoms with van der Waals surface area (Å²) in [7, 11) is -6.89. The molecule has 0 amide bonds. The Balaban J connectivity index is 0.00000684. The van der Waals surface area contributed by atoms with Crippen molar-refractivity contribution < 1.29 is 27.0 Å². The molecule has 0 aliphatic heterocycles. The third-order valence-electron chi connectivity index (χ3n) is 5.35. The molecule has 218 valence electrons. The Morgan fingerprint density at radius 3 is 1.32 bits per heavy atom. The molecule has 0 atom stereocenters. The first-order valence-corrected chi connectivity index (χ1v) is 15.7. The van der Waals surface area contributed by atoms with Crippen LogP contribution >= 0.6 is 24.8 Å². The summed E-state index contributed by atoms with van der Waals surface area (Å²) in [6.45, 7) is 3.35. The number of hydrogen-bond acceptors (Lipinski definition) is 8. The van der Waals surface area contributed by atoms with E-state index in [4.69, 9.17) is 0 Å². The number of benzene rings is 2. The van der Waals surface area contributed by atoms with Gasteiger partial charge in [-0.1, -0.05) is 25.0 Å². The maximum atomic E-state index is 11.4. The molecule has 0 aliphatic carbocycles. The standard InChI is InChI=1S/C24H38N4O6S2.2ClH/c1-35(31,32)27-21-17-19(7-9-23(21)29)11-15-25-13-5-3-4-6-14-26-16-12-20-8-10-24(30)22(18-20)28-36(2,33)34;;/h7-10,17-18,25-30H,3-6,11-16H2,1-2H3;2*1H. The van der Waals surface area contributed by atoms with Crippen LogP contribution in [0.2, 0.25) is 0 Å². The summed E-state index contributed by atoms with van der Waals surface area (Å²) in [5.41, 5.74) is 2.26. The van der Waals surface area contributed by atoms with Crippen LogP contribution in [0.5, 0.6) is 11.5 Å². The zero-order valence-electron chi connectivity index (χ0n) is 21.7. The van der Waals surface area contributed by atoms with Gasteiger partial charge in [-0.15, -0.1) is 24.8 Å². The number of sulfonamides is 2. The van der Waals surface area contributed by atoms with E-state index in [9.17, 15) is 27.0 Å². The molecule has 0 aliphatic rings. The van der Waals surface area contributed by atoms with Gasteiger partial charge < -0.3 is 20.8 Å². The lowest BCUT2D eigenvalue weighted by atomic mass is 10.1. The highest BCUT2D eigenvalue weighted by molar-refractivity contribution is 7.92. The molecule has 2 rings (SSSR count). The Morgan fingerprint density at radius 2 is 0.974 bits per heavy atom. The van der Waals surface area contributed by atoms with Crippen LogP contribution in [0.1, 0.15) is 36.8 Å². The van der Waals surface area contributed by atoms with Crippen LogP contribution < -0.4 is 20.1 Å². The van der Waals surface area contributed by atoms with E-state index < -0.39 is 20.0 Å². The molecule has 2 aromatic carbocycles. The van der Waals surface area contributed by atoms with E-state index in [0.29, 0.717) is 0 Å². The number of phenolic OH excluding ortho intramolecular Hbond substituents is 2. The zero-order chi connectivity index (χ0) is 26.6. The summed E-state index contributed by atoms with van der Waals surface area (Å²) >= 11 is 0. The van der Waals surface area contributed by atoms with Gasteiger partial charge in [-0.2, -0.15) is 0 Å². The summed E-state index contributed by atoms with van der Waals surface area (Å²) in [6, 6.07) is 9.86. The Bertz CT molecular complexity index is 1100. The fraction of sp³-hybridized carbons (Fsp3) is 0.500. The predicted molar refractivity (Wildman–Crippen MR) is 159 cm³/mol. The molecule has 0 aromatic heterocycles. The van der Waals surface area contributed by atoms with Gasteiger partial charge in [0, 0.05) is 0 Å². The fourth-order valence-corrected chi connectivity index (χ4v) is 4.74. The number of hydrogen-bond donors (Lipinski definition) is 6. The van der Waals surface area contributed by atoms with Crippen LogP contribution in [-0.4, -0.2) is 65.7 Å². The maximum absolute atomic E-state index is 11.4. The lowest BCUT2D eigenvalue weighted by Crippen LogP contribution is -2.19. The zero-order valence-corrected chi connectivity index (χ0v) is 25.0. The largest absolute Gasteiger partial charge is 0.506 e. The molecule has 0 unspecified atom stereocenters. The maximum Gasteiger partial charge on any atom is 0.229 e. The van der Waals surface area contributed by atoms with Crippen molar-refractivity contribution in [1.82, 2.24) is 10.6 Å². The van der Waals surface area contributed by atoms with Crippen molar-refractivity contribution in [2.45, 2.75) is 38.5 Å². The average Bonchev–Trinajstić information content (AvgIpc) is 2.76. The number of anilines is 2. The molecule has 0 spiro atoms. The lowest BCUT2D eigenvalue weighted by Gasteiger charge is -2.10. The highest BCUT2D eigenvalue weighted by Gasteiger charge is 2.09. The van der Waals surface area contributed by atoms with E-state index >= 15 is 0 Å². The van der Waals surface area contributed by atoms with Crippen LogP contribution in [-0.2, 0) is 32.9 Å². The monoisotopic (exact) mass is 614 g/mol. The molecular weight excluding hydrogens is 575 g/mol. The highest BCUT2D eigenvalue weighted by atomic mass is 35.5. The van der Waals surface area contributed by atoms with Gasteiger partial charge in [0.1, 0.15) is 11.5 Å². The summed E-state index contributed by atoms with van der Waals surface area (Å²) in [4.78, 5) is 0. The topological polar surface area (TPSA) is 157 Å². The van der Waals surface area contributed by atoms with Crippen LogP contribution in [0.15, 0.2) is 36.4 Å². The number of aromatic hydroxyl groups is 2. The quantitative estimate of drug-likeness (QED) is 0.117. The third-order valence-corrected chi connectivity index (χ3v) is 6.53. The van der Waals surface area contributed by atoms with Gasteiger partial charge in [-0.05, 0) is 87.3 Å². The van der Waals surface area contributed by atoms with Crippen molar-refractivity contribution in [2.24, 2.45) is 0 Å². The van der Waals surface area contributed by atoms with Crippen LogP contribution in [0, 0.1) is 0 Å². The number of rotatable bonds is 17. The summed E-state index contributed by atoms with van der Waals surface area (Å²) in [5, 5.41) is 26.4. The number of phenols is 2. The molecule has 10 nitrogen and oxygen atoms in total. The smallest absolute Gasteiger partial charge is 0.229 e. The first kappa shape index (κ1) is 36.0. The van der Waals surface area contributed by atoms with Gasteiger partial charge in [-0.3, -0.25) is 9.44 Å². The van der Waals surface area contributed by atoms with Crippen molar-refractivity contribution in [3.8, 4) is 11.5 Å². The van der Waals surface area contributed by atoms with Gasteiger partial charge >= 0.3 is 0 Å². The Hall–Kier alpha value is -1.96. The van der Waals surface area contributed by atoms with E-state index in [0.717, 1.165) is 88.3 Å². The minimum Gasteiger partial charge on any atom is -0.506 e. The second-order valence-electron chi connectivity index (χ2n) is 8.87.